The Hall–Kier alpha value is -0.950. The van der Waals surface area contributed by atoms with Gasteiger partial charge in [-0.25, -0.2) is 0 Å². The summed E-state index contributed by atoms with van der Waals surface area (Å²) in [6, 6.07) is 10.8. The molecular formula is C14H20S. The summed E-state index contributed by atoms with van der Waals surface area (Å²) >= 11 is 0. The molecule has 1 heteroatoms. The molecule has 82 valence electrons. The standard InChI is InChI=1S/C14H20S/c1-5-10-13(6-2)15(3,4)14-11-8-7-9-12-14/h5-12H,1-4H3/b10-5-,13-6+. The third kappa shape index (κ3) is 2.75. The van der Waals surface area contributed by atoms with E-state index in [1.54, 1.807) is 0 Å². The third-order valence-electron chi connectivity index (χ3n) is 2.54. The van der Waals surface area contributed by atoms with Gasteiger partial charge in [0.1, 0.15) is 0 Å². The fraction of sp³-hybridized carbons (Fsp3) is 0.286. The fourth-order valence-electron chi connectivity index (χ4n) is 1.62. The van der Waals surface area contributed by atoms with Crippen molar-refractivity contribution in [3.63, 3.8) is 0 Å². The molecule has 0 aliphatic heterocycles. The highest BCUT2D eigenvalue weighted by molar-refractivity contribution is 8.35. The second-order valence-electron chi connectivity index (χ2n) is 3.83. The van der Waals surface area contributed by atoms with Gasteiger partial charge in [-0.15, -0.1) is 0 Å². The van der Waals surface area contributed by atoms with Crippen LogP contribution in [0.1, 0.15) is 13.8 Å². The fourth-order valence-corrected chi connectivity index (χ4v) is 3.80. The minimum absolute atomic E-state index is 0.839. The molecule has 1 aromatic carbocycles. The second kappa shape index (κ2) is 5.22. The van der Waals surface area contributed by atoms with E-state index >= 15 is 0 Å². The van der Waals surface area contributed by atoms with Crippen molar-refractivity contribution in [1.29, 1.82) is 0 Å². The molecule has 0 bridgehead atoms. The highest BCUT2D eigenvalue weighted by atomic mass is 32.3. The lowest BCUT2D eigenvalue weighted by Crippen LogP contribution is -1.98. The maximum absolute atomic E-state index is 2.34. The molecule has 0 radical (unpaired) electrons. The minimum Gasteiger partial charge on any atom is -0.194 e. The first kappa shape index (κ1) is 12.1. The van der Waals surface area contributed by atoms with Crippen molar-refractivity contribution in [2.75, 3.05) is 12.5 Å². The molecular weight excluding hydrogens is 200 g/mol. The van der Waals surface area contributed by atoms with Crippen LogP contribution < -0.4 is 0 Å². The van der Waals surface area contributed by atoms with Crippen molar-refractivity contribution in [3.8, 4) is 0 Å². The van der Waals surface area contributed by atoms with Gasteiger partial charge in [-0.3, -0.25) is 0 Å². The van der Waals surface area contributed by atoms with Crippen molar-refractivity contribution in [2.24, 2.45) is 0 Å². The summed E-state index contributed by atoms with van der Waals surface area (Å²) in [5.74, 6) is 0. The summed E-state index contributed by atoms with van der Waals surface area (Å²) in [7, 11) is -0.839. The van der Waals surface area contributed by atoms with E-state index in [2.05, 4.69) is 74.9 Å². The van der Waals surface area contributed by atoms with Gasteiger partial charge in [0.2, 0.25) is 0 Å². The quantitative estimate of drug-likeness (QED) is 0.654. The van der Waals surface area contributed by atoms with Gasteiger partial charge in [-0.05, 0) is 48.3 Å². The molecule has 0 spiro atoms. The Balaban J connectivity index is 3.12. The minimum atomic E-state index is -0.839. The number of hydrogen-bond acceptors (Lipinski definition) is 0. The molecule has 1 aromatic rings. The average Bonchev–Trinajstić information content (AvgIpc) is 2.27. The van der Waals surface area contributed by atoms with Crippen LogP contribution in [0.5, 0.6) is 0 Å². The normalized spacial score (nSPS) is 14.5. The van der Waals surface area contributed by atoms with Gasteiger partial charge in [-0.1, -0.05) is 36.4 Å². The molecule has 0 atom stereocenters. The molecule has 0 amide bonds. The van der Waals surface area contributed by atoms with E-state index in [1.807, 2.05) is 0 Å². The van der Waals surface area contributed by atoms with E-state index in [0.29, 0.717) is 0 Å². The van der Waals surface area contributed by atoms with Crippen LogP contribution in [0.25, 0.3) is 0 Å². The molecule has 0 saturated carbocycles. The van der Waals surface area contributed by atoms with Crippen LogP contribution in [0.15, 0.2) is 58.4 Å². The van der Waals surface area contributed by atoms with E-state index in [1.165, 1.54) is 9.80 Å². The molecule has 0 heterocycles. The van der Waals surface area contributed by atoms with Gasteiger partial charge in [0.15, 0.2) is 0 Å². The predicted molar refractivity (Wildman–Crippen MR) is 72.7 cm³/mol. The van der Waals surface area contributed by atoms with Crippen LogP contribution in [0.2, 0.25) is 0 Å². The van der Waals surface area contributed by atoms with E-state index in [-0.39, 0.29) is 0 Å². The summed E-state index contributed by atoms with van der Waals surface area (Å²) in [4.78, 5) is 2.88. The van der Waals surface area contributed by atoms with Crippen molar-refractivity contribution in [1.82, 2.24) is 0 Å². The maximum Gasteiger partial charge on any atom is -0.00642 e. The Bertz CT molecular complexity index is 358. The van der Waals surface area contributed by atoms with Crippen LogP contribution in [0, 0.1) is 0 Å². The highest BCUT2D eigenvalue weighted by Gasteiger charge is 2.16. The Kier molecular flexibility index (Phi) is 4.22. The summed E-state index contributed by atoms with van der Waals surface area (Å²) < 4.78 is 0. The van der Waals surface area contributed by atoms with Crippen LogP contribution >= 0.6 is 10.0 Å². The first-order chi connectivity index (χ1) is 7.12. The lowest BCUT2D eigenvalue weighted by molar-refractivity contribution is 1.43. The molecule has 0 aliphatic rings. The van der Waals surface area contributed by atoms with Crippen LogP contribution in [-0.2, 0) is 0 Å². The van der Waals surface area contributed by atoms with E-state index in [9.17, 15) is 0 Å². The van der Waals surface area contributed by atoms with Crippen molar-refractivity contribution < 1.29 is 0 Å². The monoisotopic (exact) mass is 220 g/mol. The summed E-state index contributed by atoms with van der Waals surface area (Å²) in [6.45, 7) is 4.19. The number of allylic oxidation sites excluding steroid dienone is 3. The average molecular weight is 220 g/mol. The first-order valence-electron chi connectivity index (χ1n) is 5.20. The molecule has 0 aromatic heterocycles. The molecule has 0 saturated heterocycles. The van der Waals surface area contributed by atoms with Gasteiger partial charge in [-0.2, -0.15) is 10.0 Å². The van der Waals surface area contributed by atoms with Crippen LogP contribution in [0.3, 0.4) is 0 Å². The molecule has 0 N–H and O–H groups in total. The summed E-state index contributed by atoms with van der Waals surface area (Å²) in [5.41, 5.74) is 0. The van der Waals surface area contributed by atoms with Gasteiger partial charge in [0, 0.05) is 0 Å². The molecule has 0 nitrogen and oxygen atoms in total. The number of benzene rings is 1. The molecule has 0 aliphatic carbocycles. The number of rotatable bonds is 3. The van der Waals surface area contributed by atoms with Crippen molar-refractivity contribution in [3.05, 3.63) is 53.5 Å². The Morgan fingerprint density at radius 3 is 2.13 bits per heavy atom. The smallest absolute Gasteiger partial charge is 0.00642 e. The first-order valence-corrected chi connectivity index (χ1v) is 7.65. The van der Waals surface area contributed by atoms with E-state index < -0.39 is 10.0 Å². The Labute approximate surface area is 95.0 Å². The van der Waals surface area contributed by atoms with Gasteiger partial charge >= 0.3 is 0 Å². The zero-order valence-corrected chi connectivity index (χ0v) is 10.8. The van der Waals surface area contributed by atoms with E-state index in [0.717, 1.165) is 0 Å². The highest BCUT2D eigenvalue weighted by Crippen LogP contribution is 2.56. The van der Waals surface area contributed by atoms with Crippen molar-refractivity contribution >= 4 is 10.0 Å². The Morgan fingerprint density at radius 1 is 1.07 bits per heavy atom. The summed E-state index contributed by atoms with van der Waals surface area (Å²) in [6.07, 6.45) is 11.3. The predicted octanol–water partition coefficient (Wildman–Crippen LogP) is 4.59. The zero-order valence-electron chi connectivity index (χ0n) is 10.0. The van der Waals surface area contributed by atoms with Crippen LogP contribution in [-0.4, -0.2) is 12.5 Å². The second-order valence-corrected chi connectivity index (χ2v) is 7.43. The Morgan fingerprint density at radius 2 is 1.67 bits per heavy atom. The topological polar surface area (TPSA) is 0 Å². The van der Waals surface area contributed by atoms with E-state index in [4.69, 9.17) is 0 Å². The van der Waals surface area contributed by atoms with Gasteiger partial charge in [0.05, 0.1) is 0 Å². The maximum atomic E-state index is 2.34. The van der Waals surface area contributed by atoms with Gasteiger partial charge in [0.25, 0.3) is 0 Å². The zero-order chi connectivity index (χ0) is 11.3. The molecule has 0 unspecified atom stereocenters. The third-order valence-corrected chi connectivity index (χ3v) is 5.54. The van der Waals surface area contributed by atoms with Crippen LogP contribution in [0.4, 0.5) is 0 Å². The lowest BCUT2D eigenvalue weighted by Gasteiger charge is -2.33. The largest absolute Gasteiger partial charge is 0.194 e. The number of hydrogen-bond donors (Lipinski definition) is 0. The molecule has 15 heavy (non-hydrogen) atoms. The lowest BCUT2D eigenvalue weighted by atomic mass is 10.4. The summed E-state index contributed by atoms with van der Waals surface area (Å²) in [5, 5.41) is 0. The SMILES string of the molecule is C/C=C\C(=C/C)S(C)(C)c1ccccc1. The molecule has 1 rings (SSSR count). The van der Waals surface area contributed by atoms with Gasteiger partial charge < -0.3 is 0 Å². The van der Waals surface area contributed by atoms with Crippen molar-refractivity contribution in [2.45, 2.75) is 18.7 Å². The molecule has 0 fully saturated rings.